The van der Waals surface area contributed by atoms with Crippen LogP contribution in [0.25, 0.3) is 105 Å². The molecule has 0 aliphatic rings. The van der Waals surface area contributed by atoms with Crippen LogP contribution in [0.3, 0.4) is 0 Å². The molecule has 0 aliphatic carbocycles. The molecule has 11 rings (SSSR count). The molecule has 0 bridgehead atoms. The summed E-state index contributed by atoms with van der Waals surface area (Å²) >= 11 is 0. The maximum absolute atomic E-state index is 6.61. The Kier molecular flexibility index (Phi) is 5.08. The number of fused-ring (bicyclic) bond motifs is 2. The summed E-state index contributed by atoms with van der Waals surface area (Å²) in [6, 6.07) is 53.5. The molecule has 0 fully saturated rings. The van der Waals surface area contributed by atoms with E-state index in [4.69, 9.17) is 14.4 Å². The molecule has 3 aromatic heterocycles. The van der Waals surface area contributed by atoms with Gasteiger partial charge in [-0.1, -0.05) is 97.1 Å². The van der Waals surface area contributed by atoms with Crippen LogP contribution < -0.4 is 0 Å². The average Bonchev–Trinajstić information content (AvgIpc) is 3.40. The lowest BCUT2D eigenvalue weighted by Gasteiger charge is -2.13. The van der Waals surface area contributed by atoms with E-state index in [0.717, 1.165) is 55.8 Å². The summed E-state index contributed by atoms with van der Waals surface area (Å²) in [4.78, 5) is 10.2. The summed E-state index contributed by atoms with van der Waals surface area (Å²) in [7, 11) is 0. The molecule has 48 heavy (non-hydrogen) atoms. The van der Waals surface area contributed by atoms with Crippen LogP contribution in [0, 0.1) is 0 Å². The van der Waals surface area contributed by atoms with Crippen molar-refractivity contribution in [2.45, 2.75) is 0 Å². The Hall–Kier alpha value is -6.52. The first kappa shape index (κ1) is 25.6. The molecular formula is C44H25N3O. The van der Waals surface area contributed by atoms with E-state index < -0.39 is 0 Å². The fourth-order valence-electron chi connectivity index (χ4n) is 7.76. The number of para-hydroxylation sites is 2. The smallest absolute Gasteiger partial charge is 0.135 e. The number of hydrogen-bond acceptors (Lipinski definition) is 3. The van der Waals surface area contributed by atoms with E-state index in [1.165, 1.54) is 48.7 Å². The van der Waals surface area contributed by atoms with E-state index >= 15 is 0 Å². The first-order valence-corrected chi connectivity index (χ1v) is 16.2. The number of nitrogens with zero attached hydrogens (tertiary/aromatic N) is 3. The van der Waals surface area contributed by atoms with Gasteiger partial charge in [0.15, 0.2) is 0 Å². The Balaban J connectivity index is 1.15. The highest BCUT2D eigenvalue weighted by Gasteiger charge is 2.21. The fraction of sp³-hybridized carbons (Fsp3) is 0. The average molecular weight is 612 g/mol. The van der Waals surface area contributed by atoms with Crippen molar-refractivity contribution < 1.29 is 4.42 Å². The summed E-state index contributed by atoms with van der Waals surface area (Å²) in [6.07, 6.45) is 0. The highest BCUT2D eigenvalue weighted by atomic mass is 16.3. The molecule has 0 aliphatic heterocycles. The second-order valence-corrected chi connectivity index (χ2v) is 12.6. The Morgan fingerprint density at radius 1 is 0.396 bits per heavy atom. The minimum Gasteiger partial charge on any atom is -0.456 e. The lowest BCUT2D eigenvalue weighted by atomic mass is 10.00. The third kappa shape index (κ3) is 3.54. The molecule has 3 heterocycles. The normalized spacial score (nSPS) is 12.2. The monoisotopic (exact) mass is 611 g/mol. The SMILES string of the molecule is c1ccc(-c2nc3ccccc3nc2-c2ccc3cc(-n4c5ccc6cccc7oc8cccc9ccc4c(c98)c5c67)ccc3c2)cc1. The first-order chi connectivity index (χ1) is 23.8. The zero-order valence-corrected chi connectivity index (χ0v) is 25.7. The molecule has 0 radical (unpaired) electrons. The van der Waals surface area contributed by atoms with E-state index in [9.17, 15) is 0 Å². The molecule has 0 spiro atoms. The van der Waals surface area contributed by atoms with E-state index in [2.05, 4.69) is 126 Å². The predicted molar refractivity (Wildman–Crippen MR) is 198 cm³/mol. The maximum Gasteiger partial charge on any atom is 0.135 e. The van der Waals surface area contributed by atoms with E-state index in [0.29, 0.717) is 0 Å². The van der Waals surface area contributed by atoms with Crippen LogP contribution in [0.2, 0.25) is 0 Å². The zero-order chi connectivity index (χ0) is 31.3. The van der Waals surface area contributed by atoms with Gasteiger partial charge < -0.3 is 8.98 Å². The van der Waals surface area contributed by atoms with Crippen molar-refractivity contribution in [2.75, 3.05) is 0 Å². The summed E-state index contributed by atoms with van der Waals surface area (Å²) in [5.74, 6) is 0. The quantitative estimate of drug-likeness (QED) is 0.200. The van der Waals surface area contributed by atoms with E-state index in [1.807, 2.05) is 30.3 Å². The minimum absolute atomic E-state index is 0.885. The molecule has 0 unspecified atom stereocenters. The highest BCUT2D eigenvalue weighted by molar-refractivity contribution is 6.33. The summed E-state index contributed by atoms with van der Waals surface area (Å²) in [5, 5.41) is 9.50. The molecule has 0 amide bonds. The second kappa shape index (κ2) is 9.50. The van der Waals surface area contributed by atoms with E-state index in [-0.39, 0.29) is 0 Å². The third-order valence-electron chi connectivity index (χ3n) is 9.90. The number of hydrogen-bond donors (Lipinski definition) is 0. The minimum atomic E-state index is 0.885. The molecule has 4 heteroatoms. The van der Waals surface area contributed by atoms with Gasteiger partial charge in [0.2, 0.25) is 0 Å². The van der Waals surface area contributed by atoms with Gasteiger partial charge in [0.1, 0.15) is 11.2 Å². The maximum atomic E-state index is 6.61. The van der Waals surface area contributed by atoms with Crippen molar-refractivity contribution in [1.82, 2.24) is 14.5 Å². The number of aromatic nitrogens is 3. The van der Waals surface area contributed by atoms with Gasteiger partial charge in [-0.2, -0.15) is 0 Å². The van der Waals surface area contributed by atoms with Crippen LogP contribution in [0.4, 0.5) is 0 Å². The molecule has 0 atom stereocenters. The summed E-state index contributed by atoms with van der Waals surface area (Å²) < 4.78 is 9.02. The second-order valence-electron chi connectivity index (χ2n) is 12.6. The third-order valence-corrected chi connectivity index (χ3v) is 9.90. The zero-order valence-electron chi connectivity index (χ0n) is 25.7. The fourth-order valence-corrected chi connectivity index (χ4v) is 7.76. The molecule has 222 valence electrons. The Labute approximate surface area is 274 Å². The van der Waals surface area contributed by atoms with Crippen molar-refractivity contribution in [3.05, 3.63) is 152 Å². The van der Waals surface area contributed by atoms with Gasteiger partial charge in [-0.05, 0) is 76.1 Å². The summed E-state index contributed by atoms with van der Waals surface area (Å²) in [5.41, 5.74) is 10.9. The Morgan fingerprint density at radius 2 is 0.958 bits per heavy atom. The van der Waals surface area contributed by atoms with Crippen molar-refractivity contribution in [3.8, 4) is 28.2 Å². The van der Waals surface area contributed by atoms with Gasteiger partial charge in [-0.25, -0.2) is 9.97 Å². The van der Waals surface area contributed by atoms with Crippen LogP contribution >= 0.6 is 0 Å². The van der Waals surface area contributed by atoms with Crippen LogP contribution in [0.5, 0.6) is 0 Å². The Morgan fingerprint density at radius 3 is 1.62 bits per heavy atom. The van der Waals surface area contributed by atoms with Crippen LogP contribution in [0.1, 0.15) is 0 Å². The molecule has 0 N–H and O–H groups in total. The molecule has 8 aromatic carbocycles. The van der Waals surface area contributed by atoms with Crippen molar-refractivity contribution >= 4 is 76.3 Å². The van der Waals surface area contributed by atoms with Crippen molar-refractivity contribution in [2.24, 2.45) is 0 Å². The predicted octanol–water partition coefficient (Wildman–Crippen LogP) is 11.7. The van der Waals surface area contributed by atoms with Gasteiger partial charge in [-0.15, -0.1) is 0 Å². The van der Waals surface area contributed by atoms with Gasteiger partial charge in [0.05, 0.1) is 33.5 Å². The number of rotatable bonds is 3. The lowest BCUT2D eigenvalue weighted by Crippen LogP contribution is -1.96. The van der Waals surface area contributed by atoms with Gasteiger partial charge in [-0.3, -0.25) is 0 Å². The molecule has 4 nitrogen and oxygen atoms in total. The summed E-state index contributed by atoms with van der Waals surface area (Å²) in [6.45, 7) is 0. The van der Waals surface area contributed by atoms with Crippen molar-refractivity contribution in [1.29, 1.82) is 0 Å². The first-order valence-electron chi connectivity index (χ1n) is 16.2. The van der Waals surface area contributed by atoms with Crippen LogP contribution in [0.15, 0.2) is 156 Å². The molecule has 0 saturated heterocycles. The number of benzene rings is 8. The Bertz CT molecular complexity index is 2960. The molecular weight excluding hydrogens is 587 g/mol. The highest BCUT2D eigenvalue weighted by Crippen LogP contribution is 2.45. The molecule has 11 aromatic rings. The lowest BCUT2D eigenvalue weighted by molar-refractivity contribution is 0.664. The van der Waals surface area contributed by atoms with Crippen LogP contribution in [-0.2, 0) is 0 Å². The van der Waals surface area contributed by atoms with Gasteiger partial charge >= 0.3 is 0 Å². The van der Waals surface area contributed by atoms with E-state index in [1.54, 1.807) is 0 Å². The topological polar surface area (TPSA) is 43.9 Å². The van der Waals surface area contributed by atoms with Gasteiger partial charge in [0, 0.05) is 38.4 Å². The molecule has 0 saturated carbocycles. The standard InChI is InChI=1S/C44H25N3O/c1-2-8-28(9-3-1)43-44(46-34-13-5-4-12-33(34)45-43)31-17-16-30-25-32(21-18-29(30)24-31)47-35-22-19-26-10-6-14-37-39(26)41(35)42-36(47)23-20-27-11-7-15-38(48-37)40(27)42/h1-25H. The van der Waals surface area contributed by atoms with Crippen molar-refractivity contribution in [3.63, 3.8) is 0 Å². The largest absolute Gasteiger partial charge is 0.456 e. The van der Waals surface area contributed by atoms with Gasteiger partial charge in [0.25, 0.3) is 0 Å². The van der Waals surface area contributed by atoms with Crippen LogP contribution in [-0.4, -0.2) is 14.5 Å².